The van der Waals surface area contributed by atoms with Crippen molar-refractivity contribution in [2.75, 3.05) is 18.5 Å². The third kappa shape index (κ3) is 7.84. The van der Waals surface area contributed by atoms with Crippen molar-refractivity contribution in [1.29, 1.82) is 5.26 Å². The molecule has 0 aromatic carbocycles. The van der Waals surface area contributed by atoms with Gasteiger partial charge in [0, 0.05) is 12.8 Å². The van der Waals surface area contributed by atoms with Crippen LogP contribution in [0.15, 0.2) is 18.5 Å². The fourth-order valence-corrected chi connectivity index (χ4v) is 6.75. The van der Waals surface area contributed by atoms with Gasteiger partial charge in [0.2, 0.25) is 5.60 Å². The van der Waals surface area contributed by atoms with E-state index in [1.54, 1.807) is 16.6 Å². The van der Waals surface area contributed by atoms with E-state index < -0.39 is 32.2 Å². The van der Waals surface area contributed by atoms with Gasteiger partial charge in [-0.1, -0.05) is 39.0 Å². The van der Waals surface area contributed by atoms with Crippen LogP contribution in [0.25, 0.3) is 5.52 Å². The number of nitriles is 1. The number of anilines is 1. The summed E-state index contributed by atoms with van der Waals surface area (Å²) in [7, 11) is -2.12. The number of unbranched alkanes of at least 4 members (excludes halogenated alkanes) is 1. The predicted octanol–water partition coefficient (Wildman–Crippen LogP) is 5.71. The van der Waals surface area contributed by atoms with E-state index in [0.29, 0.717) is 36.6 Å². The Morgan fingerprint density at radius 2 is 1.95 bits per heavy atom. The fourth-order valence-electron chi connectivity index (χ4n) is 5.63. The Morgan fingerprint density at radius 3 is 2.63 bits per heavy atom. The van der Waals surface area contributed by atoms with E-state index >= 15 is 0 Å². The van der Waals surface area contributed by atoms with Gasteiger partial charge in [-0.15, -0.1) is 0 Å². The number of ether oxygens (including phenoxy) is 3. The number of aromatic nitrogens is 3. The molecule has 0 bridgehead atoms. The van der Waals surface area contributed by atoms with Crippen LogP contribution >= 0.6 is 0 Å². The van der Waals surface area contributed by atoms with Crippen molar-refractivity contribution in [1.82, 2.24) is 14.6 Å². The van der Waals surface area contributed by atoms with Crippen LogP contribution < -0.4 is 5.32 Å². The zero-order chi connectivity index (χ0) is 29.5. The Bertz CT molecular complexity index is 1230. The van der Waals surface area contributed by atoms with Crippen molar-refractivity contribution in [3.05, 3.63) is 24.2 Å². The van der Waals surface area contributed by atoms with E-state index in [2.05, 4.69) is 41.1 Å². The van der Waals surface area contributed by atoms with Crippen molar-refractivity contribution < 1.29 is 28.2 Å². The monoisotopic (exact) mass is 585 g/mol. The number of carbonyl (C=O) groups is 2. The first-order valence-electron chi connectivity index (χ1n) is 14.8. The second-order valence-corrected chi connectivity index (χ2v) is 16.5. The first kappa shape index (κ1) is 30.9. The minimum atomic E-state index is -2.12. The quantitative estimate of drug-likeness (QED) is 0.152. The average molecular weight is 586 g/mol. The minimum Gasteiger partial charge on any atom is -0.463 e. The Kier molecular flexibility index (Phi) is 10.4. The van der Waals surface area contributed by atoms with Crippen LogP contribution in [-0.2, 0) is 29.0 Å². The number of nitrogens with one attached hydrogen (secondary N) is 1. The van der Waals surface area contributed by atoms with Crippen LogP contribution in [0.4, 0.5) is 10.6 Å². The fraction of sp³-hybridized carbons (Fsp3) is 0.690. The molecule has 2 aliphatic rings. The highest BCUT2D eigenvalue weighted by atomic mass is 28.4. The molecule has 0 radical (unpaired) electrons. The lowest BCUT2D eigenvalue weighted by Gasteiger charge is -2.32. The molecular weight excluding hydrogens is 542 g/mol. The number of esters is 1. The molecule has 1 aliphatic heterocycles. The lowest BCUT2D eigenvalue weighted by Crippen LogP contribution is -2.44. The minimum absolute atomic E-state index is 0.0508. The van der Waals surface area contributed by atoms with Gasteiger partial charge >= 0.3 is 12.1 Å². The molecule has 4 rings (SSSR count). The average Bonchev–Trinajstić information content (AvgIpc) is 3.40. The summed E-state index contributed by atoms with van der Waals surface area (Å²) in [5, 5.41) is 17.6. The van der Waals surface area contributed by atoms with Gasteiger partial charge < -0.3 is 18.6 Å². The summed E-state index contributed by atoms with van der Waals surface area (Å²) in [6.07, 6.45) is 8.97. The van der Waals surface area contributed by atoms with Gasteiger partial charge in [-0.2, -0.15) is 10.4 Å². The lowest BCUT2D eigenvalue weighted by atomic mass is 9.94. The van der Waals surface area contributed by atoms with E-state index in [1.165, 1.54) is 19.2 Å². The summed E-state index contributed by atoms with van der Waals surface area (Å²) in [5.41, 5.74) is -0.563. The number of amides is 1. The summed E-state index contributed by atoms with van der Waals surface area (Å²) >= 11 is 0. The number of carbonyl (C=O) groups excluding carboxylic acids is 2. The van der Waals surface area contributed by atoms with Crippen LogP contribution in [0.3, 0.4) is 0 Å². The molecule has 1 N–H and O–H groups in total. The highest BCUT2D eigenvalue weighted by Crippen LogP contribution is 2.43. The maximum Gasteiger partial charge on any atom is 0.412 e. The van der Waals surface area contributed by atoms with E-state index in [1.807, 2.05) is 6.92 Å². The molecule has 2 fully saturated rings. The zero-order valence-electron chi connectivity index (χ0n) is 24.7. The first-order valence-corrected chi connectivity index (χ1v) is 18.3. The van der Waals surface area contributed by atoms with Gasteiger partial charge in [0.1, 0.15) is 24.5 Å². The van der Waals surface area contributed by atoms with Crippen molar-refractivity contribution in [2.45, 2.75) is 109 Å². The number of rotatable bonds is 11. The van der Waals surface area contributed by atoms with Crippen molar-refractivity contribution in [2.24, 2.45) is 5.92 Å². The Balaban J connectivity index is 1.53. The summed E-state index contributed by atoms with van der Waals surface area (Å²) in [6, 6.07) is 5.84. The Hall–Kier alpha value is -3.01. The number of fused-ring (bicyclic) bond motifs is 1. The highest BCUT2D eigenvalue weighted by molar-refractivity contribution is 6.69. The standard InChI is InChI=1S/C29H43N5O6Si/c1-5-6-15-37-28(36)33-27-23-13-14-24(34(23)32-20-31-27)29(19-30)25(40-41(2,3)4)17-22(39-29)18-38-26(35)16-21-11-9-7-8-10-12-21/h13-14,20-22,25H,5-12,15-18H2,1-4H3,(H,31,32,33,36)/t22-,25-,29+/m1/s1. The Labute approximate surface area is 243 Å². The normalized spacial score (nSPS) is 23.6. The second kappa shape index (κ2) is 13.8. The van der Waals surface area contributed by atoms with Crippen LogP contribution in [0, 0.1) is 17.2 Å². The summed E-state index contributed by atoms with van der Waals surface area (Å²) < 4.78 is 25.4. The number of nitrogens with zero attached hydrogens (tertiary/aromatic N) is 4. The summed E-state index contributed by atoms with van der Waals surface area (Å²) in [6.45, 7) is 8.54. The van der Waals surface area contributed by atoms with Crippen LogP contribution in [0.1, 0.15) is 76.8 Å². The molecule has 3 heterocycles. The van der Waals surface area contributed by atoms with Gasteiger partial charge in [0.25, 0.3) is 0 Å². The van der Waals surface area contributed by atoms with E-state index in [4.69, 9.17) is 18.6 Å². The molecule has 1 amide bonds. The molecule has 0 unspecified atom stereocenters. The first-order chi connectivity index (χ1) is 19.6. The number of hydrogen-bond acceptors (Lipinski definition) is 9. The third-order valence-electron chi connectivity index (χ3n) is 7.59. The smallest absolute Gasteiger partial charge is 0.412 e. The largest absolute Gasteiger partial charge is 0.463 e. The van der Waals surface area contributed by atoms with Crippen LogP contribution in [0.2, 0.25) is 19.6 Å². The predicted molar refractivity (Wildman–Crippen MR) is 155 cm³/mol. The molecule has 1 aliphatic carbocycles. The second-order valence-electron chi connectivity index (χ2n) is 12.0. The van der Waals surface area contributed by atoms with Crippen LogP contribution in [-0.4, -0.2) is 60.4 Å². The molecule has 3 atom stereocenters. The van der Waals surface area contributed by atoms with E-state index in [0.717, 1.165) is 38.5 Å². The molecule has 1 saturated carbocycles. The maximum absolute atomic E-state index is 12.7. The maximum atomic E-state index is 12.7. The third-order valence-corrected chi connectivity index (χ3v) is 8.58. The highest BCUT2D eigenvalue weighted by Gasteiger charge is 2.54. The van der Waals surface area contributed by atoms with E-state index in [9.17, 15) is 14.9 Å². The topological polar surface area (TPSA) is 137 Å². The van der Waals surface area contributed by atoms with Crippen molar-refractivity contribution in [3.8, 4) is 6.07 Å². The van der Waals surface area contributed by atoms with Gasteiger partial charge in [-0.25, -0.2) is 14.3 Å². The lowest BCUT2D eigenvalue weighted by molar-refractivity contribution is -0.150. The van der Waals surface area contributed by atoms with E-state index in [-0.39, 0.29) is 18.4 Å². The zero-order valence-corrected chi connectivity index (χ0v) is 25.7. The molecule has 2 aromatic heterocycles. The van der Waals surface area contributed by atoms with Crippen molar-refractivity contribution in [3.63, 3.8) is 0 Å². The summed E-state index contributed by atoms with van der Waals surface area (Å²) in [4.78, 5) is 29.2. The molecule has 0 spiro atoms. The number of hydrogen-bond donors (Lipinski definition) is 1. The Morgan fingerprint density at radius 1 is 1.20 bits per heavy atom. The molecule has 41 heavy (non-hydrogen) atoms. The molecule has 224 valence electrons. The summed E-state index contributed by atoms with van der Waals surface area (Å²) in [5.74, 6) is 0.402. The van der Waals surface area contributed by atoms with Gasteiger partial charge in [-0.05, 0) is 57.0 Å². The van der Waals surface area contributed by atoms with Gasteiger partial charge in [0.05, 0.1) is 24.5 Å². The van der Waals surface area contributed by atoms with Gasteiger partial charge in [0.15, 0.2) is 14.1 Å². The van der Waals surface area contributed by atoms with Gasteiger partial charge in [-0.3, -0.25) is 10.1 Å². The molecule has 11 nitrogen and oxygen atoms in total. The molecule has 12 heteroatoms. The molecule has 2 aromatic rings. The molecular formula is C29H43N5O6Si. The van der Waals surface area contributed by atoms with Crippen molar-refractivity contribution >= 4 is 31.7 Å². The van der Waals surface area contributed by atoms with Crippen LogP contribution in [0.5, 0.6) is 0 Å². The SMILES string of the molecule is CCCCOC(=O)Nc1ncnn2c([C@]3(C#N)O[C@@H](COC(=O)CC4CCCCCC4)C[C@H]3O[Si](C)(C)C)ccc12. The molecule has 1 saturated heterocycles.